The normalized spacial score (nSPS) is 16.0. The summed E-state index contributed by atoms with van der Waals surface area (Å²) in [5, 5.41) is 4.17. The maximum atomic E-state index is 12.9. The van der Waals surface area contributed by atoms with Crippen LogP contribution in [0.1, 0.15) is 29.4 Å². The molecule has 1 atom stereocenters. The molecule has 0 unspecified atom stereocenters. The Balaban J connectivity index is 1.73. The zero-order valence-electron chi connectivity index (χ0n) is 14.4. The van der Waals surface area contributed by atoms with Gasteiger partial charge in [0.2, 0.25) is 0 Å². The van der Waals surface area contributed by atoms with E-state index in [9.17, 15) is 4.79 Å². The largest absolute Gasteiger partial charge is 0.486 e. The van der Waals surface area contributed by atoms with Crippen molar-refractivity contribution in [1.29, 1.82) is 0 Å². The summed E-state index contributed by atoms with van der Waals surface area (Å²) < 4.78 is 13.5. The predicted octanol–water partition coefficient (Wildman–Crippen LogP) is 2.42. The molecule has 6 nitrogen and oxygen atoms in total. The Morgan fingerprint density at radius 1 is 1.38 bits per heavy atom. The number of para-hydroxylation sites is 2. The zero-order valence-corrected chi connectivity index (χ0v) is 14.4. The molecule has 0 N–H and O–H groups in total. The van der Waals surface area contributed by atoms with Crippen LogP contribution in [0.15, 0.2) is 30.5 Å². The van der Waals surface area contributed by atoms with Gasteiger partial charge in [-0.3, -0.25) is 9.48 Å². The molecule has 1 aromatic carbocycles. The van der Waals surface area contributed by atoms with Gasteiger partial charge < -0.3 is 14.4 Å². The van der Waals surface area contributed by atoms with Crippen molar-refractivity contribution < 1.29 is 14.3 Å². The molecule has 24 heavy (non-hydrogen) atoms. The van der Waals surface area contributed by atoms with Crippen molar-refractivity contribution >= 4 is 5.91 Å². The van der Waals surface area contributed by atoms with Gasteiger partial charge in [-0.05, 0) is 25.5 Å². The SMILES string of the molecule is CCCN(C[C@@H]1COc2ccccc2O1)C(=O)c1cnn(C)c1C. The van der Waals surface area contributed by atoms with Crippen LogP contribution in [0, 0.1) is 6.92 Å². The zero-order chi connectivity index (χ0) is 17.1. The molecule has 1 aliphatic rings. The van der Waals surface area contributed by atoms with Crippen LogP contribution in [-0.4, -0.2) is 46.4 Å². The number of nitrogens with zero attached hydrogens (tertiary/aromatic N) is 3. The van der Waals surface area contributed by atoms with Crippen molar-refractivity contribution in [2.75, 3.05) is 19.7 Å². The highest BCUT2D eigenvalue weighted by Gasteiger charge is 2.27. The van der Waals surface area contributed by atoms with Crippen molar-refractivity contribution in [3.63, 3.8) is 0 Å². The van der Waals surface area contributed by atoms with Gasteiger partial charge in [0, 0.05) is 19.3 Å². The number of ether oxygens (including phenoxy) is 2. The Hall–Kier alpha value is -2.50. The van der Waals surface area contributed by atoms with E-state index < -0.39 is 0 Å². The summed E-state index contributed by atoms with van der Waals surface area (Å²) in [6.45, 7) is 5.57. The minimum Gasteiger partial charge on any atom is -0.486 e. The Kier molecular flexibility index (Phi) is 4.74. The number of fused-ring (bicyclic) bond motifs is 1. The molecule has 0 spiro atoms. The number of aromatic nitrogens is 2. The highest BCUT2D eigenvalue weighted by molar-refractivity contribution is 5.95. The van der Waals surface area contributed by atoms with Crippen molar-refractivity contribution in [1.82, 2.24) is 14.7 Å². The minimum atomic E-state index is -0.174. The molecular formula is C18H23N3O3. The van der Waals surface area contributed by atoms with E-state index in [1.807, 2.05) is 43.1 Å². The molecule has 0 saturated heterocycles. The summed E-state index contributed by atoms with van der Waals surface area (Å²) in [4.78, 5) is 14.7. The molecule has 2 heterocycles. The van der Waals surface area contributed by atoms with Gasteiger partial charge in [-0.15, -0.1) is 0 Å². The second-order valence-electron chi connectivity index (χ2n) is 6.02. The molecular weight excluding hydrogens is 306 g/mol. The van der Waals surface area contributed by atoms with Gasteiger partial charge in [0.1, 0.15) is 6.61 Å². The molecule has 1 amide bonds. The van der Waals surface area contributed by atoms with Crippen molar-refractivity contribution in [3.8, 4) is 11.5 Å². The van der Waals surface area contributed by atoms with Gasteiger partial charge in [-0.25, -0.2) is 0 Å². The lowest BCUT2D eigenvalue weighted by Crippen LogP contribution is -2.44. The summed E-state index contributed by atoms with van der Waals surface area (Å²) in [7, 11) is 1.84. The molecule has 1 aliphatic heterocycles. The molecule has 0 aliphatic carbocycles. The van der Waals surface area contributed by atoms with E-state index in [-0.39, 0.29) is 12.0 Å². The number of carbonyl (C=O) groups is 1. The maximum absolute atomic E-state index is 12.9. The summed E-state index contributed by atoms with van der Waals surface area (Å²) in [6, 6.07) is 7.61. The molecule has 0 saturated carbocycles. The van der Waals surface area contributed by atoms with Crippen LogP contribution >= 0.6 is 0 Å². The van der Waals surface area contributed by atoms with E-state index in [0.29, 0.717) is 25.3 Å². The lowest BCUT2D eigenvalue weighted by Gasteiger charge is -2.31. The molecule has 2 aromatic rings. The molecule has 0 radical (unpaired) electrons. The number of rotatable bonds is 5. The summed E-state index contributed by atoms with van der Waals surface area (Å²) >= 11 is 0. The average Bonchev–Trinajstić information content (AvgIpc) is 2.93. The highest BCUT2D eigenvalue weighted by atomic mass is 16.6. The van der Waals surface area contributed by atoms with E-state index in [0.717, 1.165) is 23.6 Å². The standard InChI is InChI=1S/C18H23N3O3/c1-4-9-21(18(22)15-10-19-20(3)13(15)2)11-14-12-23-16-7-5-6-8-17(16)24-14/h5-8,10,14H,4,9,11-12H2,1-3H3/t14-/m1/s1. The van der Waals surface area contributed by atoms with Gasteiger partial charge in [0.25, 0.3) is 5.91 Å². The quantitative estimate of drug-likeness (QED) is 0.845. The second-order valence-corrected chi connectivity index (χ2v) is 6.02. The monoisotopic (exact) mass is 329 g/mol. The average molecular weight is 329 g/mol. The lowest BCUT2D eigenvalue weighted by molar-refractivity contribution is 0.0462. The maximum Gasteiger partial charge on any atom is 0.257 e. The number of hydrogen-bond acceptors (Lipinski definition) is 4. The van der Waals surface area contributed by atoms with Crippen molar-refractivity contribution in [2.24, 2.45) is 7.05 Å². The Morgan fingerprint density at radius 2 is 2.12 bits per heavy atom. The number of carbonyl (C=O) groups excluding carboxylic acids is 1. The van der Waals surface area contributed by atoms with Gasteiger partial charge in [-0.1, -0.05) is 19.1 Å². The number of benzene rings is 1. The van der Waals surface area contributed by atoms with Gasteiger partial charge in [-0.2, -0.15) is 5.10 Å². The molecule has 128 valence electrons. The van der Waals surface area contributed by atoms with Crippen LogP contribution in [0.4, 0.5) is 0 Å². The summed E-state index contributed by atoms with van der Waals surface area (Å²) in [5.74, 6) is 1.48. The van der Waals surface area contributed by atoms with E-state index in [1.165, 1.54) is 0 Å². The van der Waals surface area contributed by atoms with Crippen LogP contribution in [0.2, 0.25) is 0 Å². The summed E-state index contributed by atoms with van der Waals surface area (Å²) in [6.07, 6.45) is 2.34. The first-order valence-corrected chi connectivity index (χ1v) is 8.26. The first-order chi connectivity index (χ1) is 11.6. The van der Waals surface area contributed by atoms with Crippen LogP contribution in [0.5, 0.6) is 11.5 Å². The third-order valence-corrected chi connectivity index (χ3v) is 4.24. The van der Waals surface area contributed by atoms with Gasteiger partial charge >= 0.3 is 0 Å². The Morgan fingerprint density at radius 3 is 2.79 bits per heavy atom. The Labute approximate surface area is 142 Å². The Bertz CT molecular complexity index is 726. The predicted molar refractivity (Wildman–Crippen MR) is 90.5 cm³/mol. The first kappa shape index (κ1) is 16.4. The molecule has 0 fully saturated rings. The fourth-order valence-electron chi connectivity index (χ4n) is 2.82. The van der Waals surface area contributed by atoms with Crippen LogP contribution in [0.25, 0.3) is 0 Å². The van der Waals surface area contributed by atoms with Crippen LogP contribution in [-0.2, 0) is 7.05 Å². The minimum absolute atomic E-state index is 0.00934. The van der Waals surface area contributed by atoms with Crippen molar-refractivity contribution in [3.05, 3.63) is 41.7 Å². The topological polar surface area (TPSA) is 56.6 Å². The lowest BCUT2D eigenvalue weighted by atomic mass is 10.2. The number of amides is 1. The smallest absolute Gasteiger partial charge is 0.257 e. The highest BCUT2D eigenvalue weighted by Crippen LogP contribution is 2.31. The molecule has 1 aromatic heterocycles. The number of hydrogen-bond donors (Lipinski definition) is 0. The van der Waals surface area contributed by atoms with Gasteiger partial charge in [0.05, 0.1) is 18.3 Å². The van der Waals surface area contributed by atoms with E-state index in [4.69, 9.17) is 9.47 Å². The first-order valence-electron chi connectivity index (χ1n) is 8.26. The van der Waals surface area contributed by atoms with Crippen LogP contribution < -0.4 is 9.47 Å². The van der Waals surface area contributed by atoms with E-state index in [1.54, 1.807) is 10.9 Å². The number of aryl methyl sites for hydroxylation is 1. The van der Waals surface area contributed by atoms with E-state index >= 15 is 0 Å². The van der Waals surface area contributed by atoms with E-state index in [2.05, 4.69) is 12.0 Å². The van der Waals surface area contributed by atoms with Crippen LogP contribution in [0.3, 0.4) is 0 Å². The van der Waals surface area contributed by atoms with Crippen molar-refractivity contribution in [2.45, 2.75) is 26.4 Å². The van der Waals surface area contributed by atoms with Gasteiger partial charge in [0.15, 0.2) is 17.6 Å². The fourth-order valence-corrected chi connectivity index (χ4v) is 2.82. The molecule has 6 heteroatoms. The summed E-state index contributed by atoms with van der Waals surface area (Å²) in [5.41, 5.74) is 1.51. The molecule has 0 bridgehead atoms. The third kappa shape index (κ3) is 3.22. The third-order valence-electron chi connectivity index (χ3n) is 4.24. The molecule has 3 rings (SSSR count). The fraction of sp³-hybridized carbons (Fsp3) is 0.444. The second kappa shape index (κ2) is 6.95.